The highest BCUT2D eigenvalue weighted by atomic mass is 32.2. The van der Waals surface area contributed by atoms with E-state index in [1.165, 1.54) is 11.8 Å². The van der Waals surface area contributed by atoms with Gasteiger partial charge in [-0.05, 0) is 36.0 Å². The Morgan fingerprint density at radius 3 is 3.00 bits per heavy atom. The van der Waals surface area contributed by atoms with Crippen LogP contribution < -0.4 is 10.4 Å². The maximum atomic E-state index is 11.4. The van der Waals surface area contributed by atoms with Crippen LogP contribution in [0.4, 0.5) is 5.95 Å². The summed E-state index contributed by atoms with van der Waals surface area (Å²) >= 11 is 2.47. The van der Waals surface area contributed by atoms with E-state index in [4.69, 9.17) is 10.4 Å². The predicted octanol–water partition coefficient (Wildman–Crippen LogP) is 1.24. The van der Waals surface area contributed by atoms with Crippen LogP contribution in [-0.4, -0.2) is 37.7 Å². The first-order valence-electron chi connectivity index (χ1n) is 6.42. The number of aromatic nitrogens is 2. The zero-order chi connectivity index (χ0) is 15.9. The largest absolute Gasteiger partial charge is 0.537 e. The van der Waals surface area contributed by atoms with E-state index >= 15 is 0 Å². The second kappa shape index (κ2) is 5.78. The number of carboxylic acids is 1. The molecule has 1 atom stereocenters. The second-order valence-electron chi connectivity index (χ2n) is 4.84. The van der Waals surface area contributed by atoms with Crippen LogP contribution in [0, 0.1) is 6.92 Å². The highest BCUT2D eigenvalue weighted by molar-refractivity contribution is 8.02. The van der Waals surface area contributed by atoms with E-state index in [2.05, 4.69) is 9.36 Å². The molecule has 7 nitrogen and oxygen atoms in total. The smallest absolute Gasteiger partial charge is 0.535 e. The lowest BCUT2D eigenvalue weighted by Gasteiger charge is -2.27. The Bertz CT molecular complexity index is 739. The number of carbonyl (C=O) groups is 1. The van der Waals surface area contributed by atoms with Crippen molar-refractivity contribution in [2.75, 3.05) is 5.73 Å². The summed E-state index contributed by atoms with van der Waals surface area (Å²) in [6.07, 6.45) is 0.473. The van der Waals surface area contributed by atoms with Crippen molar-refractivity contribution in [2.24, 2.45) is 0 Å². The summed E-state index contributed by atoms with van der Waals surface area (Å²) < 4.78 is 10.0. The molecular weight excluding hydrogens is 325 g/mol. The van der Waals surface area contributed by atoms with Crippen LogP contribution in [0.5, 0.6) is 5.75 Å². The highest BCUT2D eigenvalue weighted by Gasteiger charge is 2.38. The standard InChI is InChI=1S/C12H12BN3O4S2/c1-5-2-3-6-4-7(21-12-15-11(14)16-22-12)13(19)20-9(6)8(5)10(17)18/h2-3,7,19H,4H2,1H3,(H2,14,16)(H,17,18)/t7-/m0/s1. The molecule has 0 unspecified atom stereocenters. The number of nitrogens with two attached hydrogens (primary N) is 1. The summed E-state index contributed by atoms with van der Waals surface area (Å²) in [6, 6.07) is 3.57. The van der Waals surface area contributed by atoms with Crippen LogP contribution in [-0.2, 0) is 6.42 Å². The zero-order valence-corrected chi connectivity index (χ0v) is 13.1. The minimum atomic E-state index is -1.12. The van der Waals surface area contributed by atoms with Gasteiger partial charge in [-0.25, -0.2) is 4.79 Å². The number of aromatic carboxylic acids is 1. The van der Waals surface area contributed by atoms with E-state index in [9.17, 15) is 14.9 Å². The molecule has 4 N–H and O–H groups in total. The van der Waals surface area contributed by atoms with E-state index in [0.29, 0.717) is 16.3 Å². The molecule has 0 fully saturated rings. The van der Waals surface area contributed by atoms with Crippen molar-refractivity contribution in [1.29, 1.82) is 0 Å². The number of fused-ring (bicyclic) bond motifs is 1. The molecule has 10 heteroatoms. The number of aryl methyl sites for hydroxylation is 1. The average Bonchev–Trinajstić information content (AvgIpc) is 2.85. The quantitative estimate of drug-likeness (QED) is 0.716. The molecule has 0 saturated heterocycles. The van der Waals surface area contributed by atoms with Crippen molar-refractivity contribution in [1.82, 2.24) is 9.36 Å². The molecule has 0 bridgehead atoms. The van der Waals surface area contributed by atoms with E-state index in [1.807, 2.05) is 6.07 Å². The van der Waals surface area contributed by atoms with Crippen molar-refractivity contribution in [2.45, 2.75) is 22.8 Å². The van der Waals surface area contributed by atoms with Gasteiger partial charge >= 0.3 is 13.1 Å². The Balaban J connectivity index is 1.89. The number of hydrogen-bond donors (Lipinski definition) is 3. The molecule has 114 valence electrons. The Labute approximate surface area is 134 Å². The molecule has 0 radical (unpaired) electrons. The van der Waals surface area contributed by atoms with E-state index in [1.54, 1.807) is 13.0 Å². The minimum absolute atomic E-state index is 0.0974. The van der Waals surface area contributed by atoms with Gasteiger partial charge in [-0.2, -0.15) is 9.36 Å². The Morgan fingerprint density at radius 1 is 1.59 bits per heavy atom. The van der Waals surface area contributed by atoms with Gasteiger partial charge in [0, 0.05) is 0 Å². The number of carboxylic acid groups (broad SMARTS) is 1. The third kappa shape index (κ3) is 2.76. The van der Waals surface area contributed by atoms with Gasteiger partial charge in [0.25, 0.3) is 0 Å². The molecule has 3 rings (SSSR count). The number of nitrogen functional groups attached to an aromatic ring is 1. The molecule has 22 heavy (non-hydrogen) atoms. The van der Waals surface area contributed by atoms with E-state index < -0.39 is 13.1 Å². The average molecular weight is 337 g/mol. The van der Waals surface area contributed by atoms with Crippen molar-refractivity contribution in [3.8, 4) is 5.75 Å². The molecule has 0 aliphatic carbocycles. The molecule has 1 aromatic heterocycles. The van der Waals surface area contributed by atoms with E-state index in [-0.39, 0.29) is 22.4 Å². The third-order valence-electron chi connectivity index (χ3n) is 3.31. The van der Waals surface area contributed by atoms with Crippen LogP contribution >= 0.6 is 23.3 Å². The minimum Gasteiger partial charge on any atom is -0.535 e. The van der Waals surface area contributed by atoms with Gasteiger partial charge in [-0.15, -0.1) is 0 Å². The van der Waals surface area contributed by atoms with Gasteiger partial charge < -0.3 is 20.5 Å². The molecule has 0 amide bonds. The highest BCUT2D eigenvalue weighted by Crippen LogP contribution is 2.38. The first-order chi connectivity index (χ1) is 10.5. The lowest BCUT2D eigenvalue weighted by Crippen LogP contribution is -2.40. The predicted molar refractivity (Wildman–Crippen MR) is 84.4 cm³/mol. The number of nitrogens with zero attached hydrogens (tertiary/aromatic N) is 2. The number of rotatable bonds is 3. The fraction of sp³-hybridized carbons (Fsp3) is 0.250. The lowest BCUT2D eigenvalue weighted by molar-refractivity contribution is 0.0693. The monoisotopic (exact) mass is 337 g/mol. The van der Waals surface area contributed by atoms with Gasteiger partial charge in [0.2, 0.25) is 5.95 Å². The maximum Gasteiger partial charge on any atom is 0.537 e. The van der Waals surface area contributed by atoms with Crippen LogP contribution in [0.1, 0.15) is 21.5 Å². The summed E-state index contributed by atoms with van der Waals surface area (Å²) in [6.45, 7) is 1.70. The fourth-order valence-corrected chi connectivity index (χ4v) is 4.14. The van der Waals surface area contributed by atoms with Gasteiger partial charge in [0.1, 0.15) is 11.3 Å². The van der Waals surface area contributed by atoms with Crippen LogP contribution in [0.3, 0.4) is 0 Å². The first kappa shape index (κ1) is 15.1. The van der Waals surface area contributed by atoms with Crippen molar-refractivity contribution in [3.05, 3.63) is 28.8 Å². The van der Waals surface area contributed by atoms with Crippen molar-refractivity contribution < 1.29 is 19.6 Å². The zero-order valence-electron chi connectivity index (χ0n) is 11.5. The topological polar surface area (TPSA) is 119 Å². The summed E-state index contributed by atoms with van der Waals surface area (Å²) in [7, 11) is -1.12. The number of hydrogen-bond acceptors (Lipinski definition) is 8. The molecular formula is C12H12BN3O4S2. The summed E-state index contributed by atoms with van der Waals surface area (Å²) in [5.41, 5.74) is 6.93. The second-order valence-corrected chi connectivity index (χ2v) is 7.08. The van der Waals surface area contributed by atoms with E-state index in [0.717, 1.165) is 17.1 Å². The maximum absolute atomic E-state index is 11.4. The Hall–Kier alpha value is -1.78. The molecule has 1 aliphatic rings. The van der Waals surface area contributed by atoms with Gasteiger partial charge in [0.15, 0.2) is 4.34 Å². The molecule has 0 spiro atoms. The third-order valence-corrected chi connectivity index (χ3v) is 5.35. The number of thioether (sulfide) groups is 1. The molecule has 2 heterocycles. The normalized spacial score (nSPS) is 17.0. The van der Waals surface area contributed by atoms with Crippen molar-refractivity contribution >= 4 is 42.3 Å². The molecule has 1 aliphatic heterocycles. The van der Waals surface area contributed by atoms with Gasteiger partial charge in [-0.1, -0.05) is 23.9 Å². The first-order valence-corrected chi connectivity index (χ1v) is 8.07. The Kier molecular flexibility index (Phi) is 3.98. The number of anilines is 1. The lowest BCUT2D eigenvalue weighted by atomic mass is 9.77. The van der Waals surface area contributed by atoms with Crippen LogP contribution in [0.15, 0.2) is 16.5 Å². The summed E-state index contributed by atoms with van der Waals surface area (Å²) in [5.74, 6) is -0.624. The fourth-order valence-electron chi connectivity index (χ4n) is 2.30. The van der Waals surface area contributed by atoms with Crippen LogP contribution in [0.25, 0.3) is 0 Å². The molecule has 1 aromatic carbocycles. The SMILES string of the molecule is Cc1ccc2c(c1C(=O)O)OB(O)[C@@H](Sc1nc(N)ns1)C2. The number of benzene rings is 1. The molecule has 0 saturated carbocycles. The van der Waals surface area contributed by atoms with Crippen molar-refractivity contribution in [3.63, 3.8) is 0 Å². The van der Waals surface area contributed by atoms with Gasteiger partial charge in [-0.3, -0.25) is 0 Å². The molecule has 2 aromatic rings. The Morgan fingerprint density at radius 2 is 2.36 bits per heavy atom. The van der Waals surface area contributed by atoms with Crippen LogP contribution in [0.2, 0.25) is 0 Å². The summed E-state index contributed by atoms with van der Waals surface area (Å²) in [5, 5.41) is 19.2. The summed E-state index contributed by atoms with van der Waals surface area (Å²) in [4.78, 5) is 15.4. The van der Waals surface area contributed by atoms with Gasteiger partial charge in [0.05, 0.1) is 5.15 Å².